The van der Waals surface area contributed by atoms with E-state index in [2.05, 4.69) is 22.6 Å². The summed E-state index contributed by atoms with van der Waals surface area (Å²) in [6.07, 6.45) is 0.573. The van der Waals surface area contributed by atoms with Crippen LogP contribution >= 0.6 is 22.6 Å². The highest BCUT2D eigenvalue weighted by Crippen LogP contribution is 2.43. The van der Waals surface area contributed by atoms with E-state index in [-0.39, 0.29) is 18.2 Å². The van der Waals surface area contributed by atoms with Crippen molar-refractivity contribution in [3.8, 4) is 0 Å². The number of rotatable bonds is 3. The predicted octanol–water partition coefficient (Wildman–Crippen LogP) is 4.60. The molecule has 0 saturated carbocycles. The lowest BCUT2D eigenvalue weighted by atomic mass is 10.1. The van der Waals surface area contributed by atoms with Gasteiger partial charge in [0.1, 0.15) is 24.5 Å². The molecule has 2 aromatic rings. The zero-order valence-corrected chi connectivity index (χ0v) is 15.8. The van der Waals surface area contributed by atoms with Gasteiger partial charge in [-0.2, -0.15) is 0 Å². The van der Waals surface area contributed by atoms with Crippen LogP contribution in [0.5, 0.6) is 0 Å². The first-order valence-electron chi connectivity index (χ1n) is 8.33. The van der Waals surface area contributed by atoms with E-state index in [0.717, 1.165) is 26.9 Å². The zero-order chi connectivity index (χ0) is 17.2. The molecule has 0 bridgehead atoms. The number of fused-ring (bicyclic) bond motifs is 1. The van der Waals surface area contributed by atoms with Gasteiger partial charge in [0, 0.05) is 18.5 Å². The summed E-state index contributed by atoms with van der Waals surface area (Å²) in [7, 11) is 0. The van der Waals surface area contributed by atoms with Crippen LogP contribution in [-0.2, 0) is 16.1 Å². The number of ether oxygens (including phenoxy) is 2. The van der Waals surface area contributed by atoms with Gasteiger partial charge in [0.2, 0.25) is 0 Å². The molecule has 25 heavy (non-hydrogen) atoms. The molecule has 2 atom stereocenters. The van der Waals surface area contributed by atoms with E-state index in [1.54, 1.807) is 4.90 Å². The summed E-state index contributed by atoms with van der Waals surface area (Å²) in [5, 5.41) is 0. The number of amides is 1. The Kier molecular flexibility index (Phi) is 4.65. The molecule has 2 aliphatic heterocycles. The van der Waals surface area contributed by atoms with Crippen molar-refractivity contribution >= 4 is 34.4 Å². The van der Waals surface area contributed by atoms with Gasteiger partial charge in [-0.1, -0.05) is 60.7 Å². The summed E-state index contributed by atoms with van der Waals surface area (Å²) < 4.78 is 12.7. The van der Waals surface area contributed by atoms with Gasteiger partial charge in [0.15, 0.2) is 0 Å². The van der Waals surface area contributed by atoms with Crippen LogP contribution < -0.4 is 0 Å². The number of hydrogen-bond donors (Lipinski definition) is 0. The summed E-state index contributed by atoms with van der Waals surface area (Å²) in [6, 6.07) is 19.7. The van der Waals surface area contributed by atoms with Crippen molar-refractivity contribution < 1.29 is 14.3 Å². The van der Waals surface area contributed by atoms with E-state index in [0.29, 0.717) is 13.2 Å². The molecule has 2 heterocycles. The van der Waals surface area contributed by atoms with Gasteiger partial charge < -0.3 is 9.47 Å². The molecule has 1 saturated heterocycles. The Morgan fingerprint density at radius 1 is 1.12 bits per heavy atom. The molecule has 1 fully saturated rings. The number of likely N-dealkylation sites (tertiary alicyclic amines) is 1. The second-order valence-corrected chi connectivity index (χ2v) is 7.33. The molecule has 128 valence electrons. The molecular formula is C20H18INO3. The summed E-state index contributed by atoms with van der Waals surface area (Å²) >= 11 is 2.31. The Bertz CT molecular complexity index is 791. The molecule has 0 radical (unpaired) electrons. The quantitative estimate of drug-likeness (QED) is 0.646. The topological polar surface area (TPSA) is 38.8 Å². The number of hydrogen-bond acceptors (Lipinski definition) is 3. The lowest BCUT2D eigenvalue weighted by Gasteiger charge is -2.22. The van der Waals surface area contributed by atoms with Crippen LogP contribution in [0.3, 0.4) is 0 Å². The van der Waals surface area contributed by atoms with E-state index in [9.17, 15) is 4.79 Å². The first-order chi connectivity index (χ1) is 12.2. The monoisotopic (exact) mass is 447 g/mol. The lowest BCUT2D eigenvalue weighted by molar-refractivity contribution is 0.0893. The van der Waals surface area contributed by atoms with E-state index in [1.165, 1.54) is 0 Å². The fourth-order valence-corrected chi connectivity index (χ4v) is 4.51. The highest BCUT2D eigenvalue weighted by Gasteiger charge is 2.47. The summed E-state index contributed by atoms with van der Waals surface area (Å²) in [6.45, 7) is 0.956. The number of carbonyl (C=O) groups excluding carboxylic acids is 1. The molecule has 0 N–H and O–H groups in total. The maximum atomic E-state index is 12.6. The first-order valence-corrected chi connectivity index (χ1v) is 9.41. The summed E-state index contributed by atoms with van der Waals surface area (Å²) in [5.74, 6) is 0.886. The molecule has 4 rings (SSSR count). The third kappa shape index (κ3) is 3.25. The lowest BCUT2D eigenvalue weighted by Crippen LogP contribution is -2.38. The minimum atomic E-state index is -0.275. The molecule has 0 unspecified atom stereocenters. The van der Waals surface area contributed by atoms with Crippen molar-refractivity contribution in [2.24, 2.45) is 0 Å². The third-order valence-electron chi connectivity index (χ3n) is 4.56. The van der Waals surface area contributed by atoms with Gasteiger partial charge >= 0.3 is 6.09 Å². The van der Waals surface area contributed by atoms with E-state index in [4.69, 9.17) is 9.47 Å². The predicted molar refractivity (Wildman–Crippen MR) is 104 cm³/mol. The number of benzene rings is 2. The van der Waals surface area contributed by atoms with Crippen molar-refractivity contribution in [3.05, 3.63) is 75.4 Å². The smallest absolute Gasteiger partial charge is 0.410 e. The second-order valence-electron chi connectivity index (χ2n) is 6.17. The number of nitrogens with zero attached hydrogens (tertiary/aromatic N) is 1. The van der Waals surface area contributed by atoms with Crippen molar-refractivity contribution in [2.75, 3.05) is 6.54 Å². The average Bonchev–Trinajstić information content (AvgIpc) is 3.22. The highest BCUT2D eigenvalue weighted by atomic mass is 127. The van der Waals surface area contributed by atoms with Crippen LogP contribution in [0.4, 0.5) is 4.79 Å². The normalized spacial score (nSPS) is 21.9. The zero-order valence-electron chi connectivity index (χ0n) is 13.6. The molecular weight excluding hydrogens is 429 g/mol. The molecule has 2 aliphatic rings. The Labute approximate surface area is 160 Å². The van der Waals surface area contributed by atoms with Crippen LogP contribution in [0.1, 0.15) is 17.5 Å². The van der Waals surface area contributed by atoms with Crippen LogP contribution in [0, 0.1) is 0 Å². The summed E-state index contributed by atoms with van der Waals surface area (Å²) in [5.41, 5.74) is 2.04. The molecule has 0 aromatic heterocycles. The molecule has 0 spiro atoms. The molecule has 0 aliphatic carbocycles. The molecule has 1 amide bonds. The van der Waals surface area contributed by atoms with Gasteiger partial charge in [-0.05, 0) is 28.2 Å². The van der Waals surface area contributed by atoms with Crippen molar-refractivity contribution in [2.45, 2.75) is 25.2 Å². The van der Waals surface area contributed by atoms with E-state index < -0.39 is 0 Å². The standard InChI is InChI=1S/C20H18INO3/c21-17-18-16(25-19(17)15-9-5-2-6-10-15)11-12-22(18)20(23)24-13-14-7-3-1-4-8-14/h1-10,16,18H,11-13H2/t16-,18+/m0/s1. The van der Waals surface area contributed by atoms with Gasteiger partial charge in [0.25, 0.3) is 0 Å². The van der Waals surface area contributed by atoms with Crippen LogP contribution in [0.15, 0.2) is 64.2 Å². The minimum Gasteiger partial charge on any atom is -0.486 e. The van der Waals surface area contributed by atoms with E-state index >= 15 is 0 Å². The number of halogens is 1. The maximum absolute atomic E-state index is 12.6. The maximum Gasteiger partial charge on any atom is 0.410 e. The Balaban J connectivity index is 1.49. The van der Waals surface area contributed by atoms with Gasteiger partial charge in [-0.3, -0.25) is 4.90 Å². The van der Waals surface area contributed by atoms with Crippen molar-refractivity contribution in [1.29, 1.82) is 0 Å². The van der Waals surface area contributed by atoms with Gasteiger partial charge in [-0.25, -0.2) is 4.79 Å². The molecule has 4 nitrogen and oxygen atoms in total. The SMILES string of the molecule is O=C(OCc1ccccc1)N1CC[C@@H]2OC(c3ccccc3)=C(I)[C@@H]21. The van der Waals surface area contributed by atoms with Gasteiger partial charge in [0.05, 0.1) is 3.58 Å². The largest absolute Gasteiger partial charge is 0.486 e. The van der Waals surface area contributed by atoms with Crippen LogP contribution in [0.2, 0.25) is 0 Å². The fraction of sp³-hybridized carbons (Fsp3) is 0.250. The third-order valence-corrected chi connectivity index (χ3v) is 5.69. The Morgan fingerprint density at radius 2 is 1.80 bits per heavy atom. The average molecular weight is 447 g/mol. The highest BCUT2D eigenvalue weighted by molar-refractivity contribution is 14.1. The Hall–Kier alpha value is -2.02. The van der Waals surface area contributed by atoms with E-state index in [1.807, 2.05) is 60.7 Å². The Morgan fingerprint density at radius 3 is 2.52 bits per heavy atom. The first kappa shape index (κ1) is 16.4. The van der Waals surface area contributed by atoms with Crippen LogP contribution in [-0.4, -0.2) is 29.7 Å². The van der Waals surface area contributed by atoms with Crippen molar-refractivity contribution in [3.63, 3.8) is 0 Å². The van der Waals surface area contributed by atoms with Crippen molar-refractivity contribution in [1.82, 2.24) is 4.90 Å². The van der Waals surface area contributed by atoms with Crippen LogP contribution in [0.25, 0.3) is 5.76 Å². The number of carbonyl (C=O) groups is 1. The van der Waals surface area contributed by atoms with Gasteiger partial charge in [-0.15, -0.1) is 0 Å². The summed E-state index contributed by atoms with van der Waals surface area (Å²) in [4.78, 5) is 14.4. The fourth-order valence-electron chi connectivity index (χ4n) is 3.33. The molecule has 5 heteroatoms. The second kappa shape index (κ2) is 7.07. The molecule has 2 aromatic carbocycles. The minimum absolute atomic E-state index is 0.0198.